The lowest BCUT2D eigenvalue weighted by molar-refractivity contribution is -0.116. The van der Waals surface area contributed by atoms with Crippen LogP contribution in [-0.4, -0.2) is 60.8 Å². The number of alkyl halides is 1. The molecule has 2 fully saturated rings. The second-order valence-corrected chi connectivity index (χ2v) is 9.92. The molecule has 0 saturated carbocycles. The van der Waals surface area contributed by atoms with Crippen molar-refractivity contribution in [2.24, 2.45) is 0 Å². The first-order valence-corrected chi connectivity index (χ1v) is 11.9. The first-order valence-electron chi connectivity index (χ1n) is 10.4. The minimum Gasteiger partial charge on any atom is -0.355 e. The monoisotopic (exact) mass is 489 g/mol. The molecule has 34 heavy (non-hydrogen) atoms. The van der Waals surface area contributed by atoms with Gasteiger partial charge in [0.1, 0.15) is 5.82 Å². The molecule has 1 spiro atoms. The first kappa shape index (κ1) is 22.5. The molecule has 3 aromatic rings. The van der Waals surface area contributed by atoms with Crippen LogP contribution in [-0.2, 0) is 14.8 Å². The number of aromatic nitrogens is 2. The van der Waals surface area contributed by atoms with Crippen molar-refractivity contribution in [1.82, 2.24) is 14.3 Å². The highest BCUT2D eigenvalue weighted by Gasteiger charge is 2.57. The van der Waals surface area contributed by atoms with Crippen LogP contribution in [0.4, 0.5) is 19.0 Å². The lowest BCUT2D eigenvalue weighted by atomic mass is 9.98. The number of anilines is 1. The highest BCUT2D eigenvalue weighted by atomic mass is 32.2. The van der Waals surface area contributed by atoms with Crippen LogP contribution < -0.4 is 4.90 Å². The van der Waals surface area contributed by atoms with Gasteiger partial charge in [0.15, 0.2) is 23.5 Å². The molecule has 0 unspecified atom stereocenters. The fourth-order valence-electron chi connectivity index (χ4n) is 4.40. The van der Waals surface area contributed by atoms with Gasteiger partial charge in [-0.05, 0) is 24.3 Å². The summed E-state index contributed by atoms with van der Waals surface area (Å²) < 4.78 is 76.1. The summed E-state index contributed by atoms with van der Waals surface area (Å²) in [5, 5.41) is 8.95. The lowest BCUT2D eigenvalue weighted by Crippen LogP contribution is -2.62. The summed E-state index contributed by atoms with van der Waals surface area (Å²) in [6.07, 6.45) is -0.369. The molecule has 0 amide bonds. The lowest BCUT2D eigenvalue weighted by Gasteiger charge is -2.45. The zero-order valence-corrected chi connectivity index (χ0v) is 18.5. The molecular formula is C22H18F3N5O3S. The summed E-state index contributed by atoms with van der Waals surface area (Å²) in [7, 11) is -4.09. The molecule has 2 saturated heterocycles. The summed E-state index contributed by atoms with van der Waals surface area (Å²) in [4.78, 5) is 9.87. The maximum atomic E-state index is 15.7. The van der Waals surface area contributed by atoms with Crippen LogP contribution in [0.2, 0.25) is 0 Å². The average Bonchev–Trinajstić information content (AvgIpc) is 3.27. The Morgan fingerprint density at radius 3 is 2.50 bits per heavy atom. The fraction of sp³-hybridized carbons (Fsp3) is 0.318. The summed E-state index contributed by atoms with van der Waals surface area (Å²) in [6, 6.07) is 9.19. The molecule has 2 aromatic carbocycles. The quantitative estimate of drug-likeness (QED) is 0.558. The molecule has 8 nitrogen and oxygen atoms in total. The van der Waals surface area contributed by atoms with E-state index in [0.29, 0.717) is 5.56 Å². The molecule has 2 atom stereocenters. The van der Waals surface area contributed by atoms with E-state index in [2.05, 4.69) is 9.97 Å². The van der Waals surface area contributed by atoms with Gasteiger partial charge in [-0.2, -0.15) is 9.57 Å². The van der Waals surface area contributed by atoms with E-state index in [1.54, 1.807) is 4.90 Å². The average molecular weight is 489 g/mol. The van der Waals surface area contributed by atoms with Gasteiger partial charge in [-0.3, -0.25) is 4.98 Å². The van der Waals surface area contributed by atoms with Crippen LogP contribution in [0.15, 0.2) is 47.5 Å². The zero-order chi connectivity index (χ0) is 24.1. The minimum atomic E-state index is -4.09. The predicted octanol–water partition coefficient (Wildman–Crippen LogP) is 2.75. The summed E-state index contributed by atoms with van der Waals surface area (Å²) >= 11 is 0. The van der Waals surface area contributed by atoms with Crippen molar-refractivity contribution in [2.45, 2.75) is 23.2 Å². The minimum absolute atomic E-state index is 0.0105. The maximum absolute atomic E-state index is 15.7. The summed E-state index contributed by atoms with van der Waals surface area (Å²) in [6.45, 7) is -0.00709. The number of fused-ring (bicyclic) bond motifs is 1. The number of benzene rings is 2. The van der Waals surface area contributed by atoms with E-state index in [1.807, 2.05) is 6.07 Å². The highest BCUT2D eigenvalue weighted by molar-refractivity contribution is 7.89. The Balaban J connectivity index is 1.41. The number of sulfonamides is 1. The van der Waals surface area contributed by atoms with E-state index in [-0.39, 0.29) is 54.4 Å². The van der Waals surface area contributed by atoms with E-state index < -0.39 is 33.6 Å². The first-order chi connectivity index (χ1) is 16.2. The standard InChI is InChI=1S/C22H18F3N5O3S/c23-16-9-18-19(10-17(16)24)28-21(12-27-18)29-6-5-22(20(25)13-29)30(7-8-33-22)34(31,32)15-3-1-14(11-26)2-4-15/h1-4,9-10,12,20H,5-8,13H2/t20-,22-/m0/s1. The predicted molar refractivity (Wildman–Crippen MR) is 115 cm³/mol. The Bertz CT molecular complexity index is 1410. The van der Waals surface area contributed by atoms with Gasteiger partial charge in [0.2, 0.25) is 10.0 Å². The summed E-state index contributed by atoms with van der Waals surface area (Å²) in [5.41, 5.74) is -1.09. The van der Waals surface area contributed by atoms with Crippen LogP contribution in [0.5, 0.6) is 0 Å². The number of nitriles is 1. The molecule has 0 radical (unpaired) electrons. The van der Waals surface area contributed by atoms with Gasteiger partial charge in [0.05, 0.1) is 46.9 Å². The fourth-order valence-corrected chi connectivity index (χ4v) is 6.11. The number of halogens is 3. The third-order valence-electron chi connectivity index (χ3n) is 6.15. The van der Waals surface area contributed by atoms with Gasteiger partial charge in [-0.1, -0.05) is 0 Å². The third kappa shape index (κ3) is 3.56. The molecule has 0 bridgehead atoms. The van der Waals surface area contributed by atoms with Crippen molar-refractivity contribution in [3.8, 4) is 6.07 Å². The van der Waals surface area contributed by atoms with Gasteiger partial charge < -0.3 is 9.64 Å². The molecule has 1 aromatic heterocycles. The van der Waals surface area contributed by atoms with Crippen LogP contribution in [0.3, 0.4) is 0 Å². The topological polar surface area (TPSA) is 99.4 Å². The number of ether oxygens (including phenoxy) is 1. The molecule has 2 aliphatic heterocycles. The molecule has 12 heteroatoms. The van der Waals surface area contributed by atoms with Crippen molar-refractivity contribution in [1.29, 1.82) is 5.26 Å². The number of rotatable bonds is 3. The number of nitrogens with zero attached hydrogens (tertiary/aromatic N) is 5. The van der Waals surface area contributed by atoms with Crippen LogP contribution >= 0.6 is 0 Å². The highest BCUT2D eigenvalue weighted by Crippen LogP contribution is 2.40. The van der Waals surface area contributed by atoms with Crippen molar-refractivity contribution in [2.75, 3.05) is 31.1 Å². The van der Waals surface area contributed by atoms with Crippen LogP contribution in [0, 0.1) is 23.0 Å². The van der Waals surface area contributed by atoms with Gasteiger partial charge in [-0.15, -0.1) is 0 Å². The SMILES string of the molecule is N#Cc1ccc(S(=O)(=O)N2CCO[C@]23CCN(c2cnc4cc(F)c(F)cc4n2)C[C@@H]3F)cc1. The molecule has 3 heterocycles. The second-order valence-electron chi connectivity index (χ2n) is 8.05. The Hall–Kier alpha value is -3.27. The Kier molecular flexibility index (Phi) is 5.43. The largest absolute Gasteiger partial charge is 0.355 e. The van der Waals surface area contributed by atoms with E-state index in [0.717, 1.165) is 16.4 Å². The van der Waals surface area contributed by atoms with Crippen LogP contribution in [0.1, 0.15) is 12.0 Å². The number of hydrogen-bond acceptors (Lipinski definition) is 7. The normalized spacial score (nSPS) is 23.5. The zero-order valence-electron chi connectivity index (χ0n) is 17.7. The van der Waals surface area contributed by atoms with Gasteiger partial charge in [0.25, 0.3) is 0 Å². The number of piperidine rings is 1. The van der Waals surface area contributed by atoms with E-state index in [4.69, 9.17) is 10.00 Å². The second kappa shape index (κ2) is 8.19. The Labute approximate surface area is 193 Å². The Morgan fingerprint density at radius 2 is 1.82 bits per heavy atom. The molecule has 0 aliphatic carbocycles. The molecular weight excluding hydrogens is 471 g/mol. The van der Waals surface area contributed by atoms with E-state index in [9.17, 15) is 17.2 Å². The van der Waals surface area contributed by atoms with Gasteiger partial charge in [0, 0.05) is 31.6 Å². The molecule has 5 rings (SSSR count). The molecule has 176 valence electrons. The van der Waals surface area contributed by atoms with Crippen molar-refractivity contribution < 1.29 is 26.3 Å². The number of hydrogen-bond donors (Lipinski definition) is 0. The maximum Gasteiger partial charge on any atom is 0.245 e. The molecule has 0 N–H and O–H groups in total. The van der Waals surface area contributed by atoms with E-state index in [1.165, 1.54) is 30.5 Å². The van der Waals surface area contributed by atoms with E-state index >= 15 is 4.39 Å². The third-order valence-corrected chi connectivity index (χ3v) is 8.09. The van der Waals surface area contributed by atoms with Gasteiger partial charge in [-0.25, -0.2) is 26.6 Å². The smallest absolute Gasteiger partial charge is 0.245 e. The van der Waals surface area contributed by atoms with Crippen molar-refractivity contribution in [3.05, 3.63) is 59.8 Å². The van der Waals surface area contributed by atoms with Crippen molar-refractivity contribution in [3.63, 3.8) is 0 Å². The van der Waals surface area contributed by atoms with Gasteiger partial charge >= 0.3 is 0 Å². The molecule has 2 aliphatic rings. The van der Waals surface area contributed by atoms with Crippen molar-refractivity contribution >= 4 is 26.9 Å². The summed E-state index contributed by atoms with van der Waals surface area (Å²) in [5.74, 6) is -1.85. The van der Waals surface area contributed by atoms with Crippen LogP contribution in [0.25, 0.3) is 11.0 Å². The Morgan fingerprint density at radius 1 is 1.12 bits per heavy atom.